The largest absolute Gasteiger partial charge is 0.469 e. The molecular weight excluding hydrogens is 382 g/mol. The van der Waals surface area contributed by atoms with Crippen LogP contribution < -0.4 is 4.72 Å². The van der Waals surface area contributed by atoms with Gasteiger partial charge in [-0.1, -0.05) is 12.1 Å². The highest BCUT2D eigenvalue weighted by Gasteiger charge is 2.41. The lowest BCUT2D eigenvalue weighted by Crippen LogP contribution is -2.33. The molecule has 8 heteroatoms. The number of furan rings is 1. The second-order valence-electron chi connectivity index (χ2n) is 6.58. The Hall–Kier alpha value is -2.87. The molecule has 0 radical (unpaired) electrons. The average Bonchev–Trinajstić information content (AvgIpc) is 3.14. The van der Waals surface area contributed by atoms with E-state index in [4.69, 9.17) is 9.15 Å². The first kappa shape index (κ1) is 19.9. The Balaban J connectivity index is 1.97. The third-order valence-corrected chi connectivity index (χ3v) is 5.06. The van der Waals surface area contributed by atoms with E-state index in [2.05, 4.69) is 4.72 Å². The molecule has 28 heavy (non-hydrogen) atoms. The van der Waals surface area contributed by atoms with Crippen molar-refractivity contribution < 1.29 is 27.2 Å². The summed E-state index contributed by atoms with van der Waals surface area (Å²) in [4.78, 5) is 25.2. The third-order valence-electron chi connectivity index (χ3n) is 4.45. The van der Waals surface area contributed by atoms with Crippen molar-refractivity contribution in [2.75, 3.05) is 17.6 Å². The predicted octanol–water partition coefficient (Wildman–Crippen LogP) is 2.97. The first-order valence-electron chi connectivity index (χ1n) is 8.81. The molecule has 2 atom stereocenters. The number of anilines is 1. The maximum atomic E-state index is 12.8. The predicted molar refractivity (Wildman–Crippen MR) is 104 cm³/mol. The second-order valence-corrected chi connectivity index (χ2v) is 8.33. The standard InChI is InChI=1S/C20H21NO6S/c1-3-26-20(23)19-16(18-8-5-9-27-18)11-14(12-17(19)22)13-6-4-7-15(10-13)21-28(2,24)25/h4-10,12,16,19,21H,3,11H2,1-2H3. The van der Waals surface area contributed by atoms with Gasteiger partial charge in [-0.25, -0.2) is 8.42 Å². The lowest BCUT2D eigenvalue weighted by Gasteiger charge is -2.27. The number of allylic oxidation sites excluding steroid dienone is 2. The number of nitrogens with one attached hydrogen (secondary N) is 1. The molecule has 1 aliphatic carbocycles. The van der Waals surface area contributed by atoms with Crippen LogP contribution in [0.2, 0.25) is 0 Å². The molecule has 148 valence electrons. The fourth-order valence-corrected chi connectivity index (χ4v) is 3.91. The number of carbonyl (C=O) groups is 2. The SMILES string of the molecule is CCOC(=O)C1C(=O)C=C(c2cccc(NS(C)(=O)=O)c2)CC1c1ccco1. The summed E-state index contributed by atoms with van der Waals surface area (Å²) in [6, 6.07) is 10.2. The topological polar surface area (TPSA) is 103 Å². The zero-order valence-corrected chi connectivity index (χ0v) is 16.4. The van der Waals surface area contributed by atoms with Crippen LogP contribution in [-0.4, -0.2) is 33.0 Å². The van der Waals surface area contributed by atoms with E-state index in [-0.39, 0.29) is 12.4 Å². The van der Waals surface area contributed by atoms with E-state index in [0.717, 1.165) is 6.26 Å². The van der Waals surface area contributed by atoms with Crippen LogP contribution in [0.15, 0.2) is 53.2 Å². The first-order valence-corrected chi connectivity index (χ1v) is 10.7. The highest BCUT2D eigenvalue weighted by molar-refractivity contribution is 7.92. The highest BCUT2D eigenvalue weighted by atomic mass is 32.2. The van der Waals surface area contributed by atoms with Crippen molar-refractivity contribution in [1.29, 1.82) is 0 Å². The molecule has 3 rings (SSSR count). The van der Waals surface area contributed by atoms with E-state index in [0.29, 0.717) is 29.0 Å². The molecule has 0 fully saturated rings. The fraction of sp³-hybridized carbons (Fsp3) is 0.300. The summed E-state index contributed by atoms with van der Waals surface area (Å²) < 4.78 is 36.0. The summed E-state index contributed by atoms with van der Waals surface area (Å²) in [5.74, 6) is -1.86. The van der Waals surface area contributed by atoms with Crippen LogP contribution in [0.25, 0.3) is 5.57 Å². The van der Waals surface area contributed by atoms with Gasteiger partial charge < -0.3 is 9.15 Å². The lowest BCUT2D eigenvalue weighted by molar-refractivity contribution is -0.151. The second kappa shape index (κ2) is 8.02. The van der Waals surface area contributed by atoms with Crippen LogP contribution in [0.4, 0.5) is 5.69 Å². The number of sulfonamides is 1. The molecule has 0 amide bonds. The molecule has 2 aromatic rings. The molecule has 0 bridgehead atoms. The smallest absolute Gasteiger partial charge is 0.317 e. The molecule has 1 aliphatic rings. The Morgan fingerprint density at radius 2 is 2.07 bits per heavy atom. The van der Waals surface area contributed by atoms with Crippen LogP contribution in [0, 0.1) is 5.92 Å². The van der Waals surface area contributed by atoms with E-state index in [9.17, 15) is 18.0 Å². The van der Waals surface area contributed by atoms with Gasteiger partial charge in [0.05, 0.1) is 19.1 Å². The molecule has 0 saturated heterocycles. The Bertz CT molecular complexity index is 1010. The molecule has 1 heterocycles. The van der Waals surface area contributed by atoms with Crippen molar-refractivity contribution in [2.45, 2.75) is 19.3 Å². The summed E-state index contributed by atoms with van der Waals surface area (Å²) >= 11 is 0. The maximum absolute atomic E-state index is 12.8. The third kappa shape index (κ3) is 4.51. The molecule has 1 aromatic carbocycles. The summed E-state index contributed by atoms with van der Waals surface area (Å²) in [5.41, 5.74) is 1.79. The fourth-order valence-electron chi connectivity index (χ4n) is 3.35. The van der Waals surface area contributed by atoms with Gasteiger partial charge in [-0.3, -0.25) is 14.3 Å². The number of hydrogen-bond donors (Lipinski definition) is 1. The minimum Gasteiger partial charge on any atom is -0.469 e. The monoisotopic (exact) mass is 403 g/mol. The van der Waals surface area contributed by atoms with Gasteiger partial charge in [0.2, 0.25) is 10.0 Å². The zero-order valence-electron chi connectivity index (χ0n) is 15.5. The number of benzene rings is 1. The molecule has 1 N–H and O–H groups in total. The van der Waals surface area contributed by atoms with Crippen LogP contribution >= 0.6 is 0 Å². The van der Waals surface area contributed by atoms with Crippen molar-refractivity contribution in [3.63, 3.8) is 0 Å². The number of carbonyl (C=O) groups excluding carboxylic acids is 2. The van der Waals surface area contributed by atoms with Gasteiger partial charge in [0.25, 0.3) is 0 Å². The molecular formula is C20H21NO6S. The van der Waals surface area contributed by atoms with Gasteiger partial charge in [0.15, 0.2) is 5.78 Å². The number of hydrogen-bond acceptors (Lipinski definition) is 6. The quantitative estimate of drug-likeness (QED) is 0.588. The molecule has 1 aromatic heterocycles. The lowest BCUT2D eigenvalue weighted by atomic mass is 9.75. The van der Waals surface area contributed by atoms with Gasteiger partial charge >= 0.3 is 5.97 Å². The normalized spacial score (nSPS) is 19.8. The van der Waals surface area contributed by atoms with Gasteiger partial charge in [0.1, 0.15) is 11.7 Å². The van der Waals surface area contributed by atoms with Gasteiger partial charge in [-0.05, 0) is 54.8 Å². The van der Waals surface area contributed by atoms with Crippen LogP contribution in [0.1, 0.15) is 30.6 Å². The van der Waals surface area contributed by atoms with Crippen LogP contribution in [-0.2, 0) is 24.3 Å². The number of ether oxygens (including phenoxy) is 1. The van der Waals surface area contributed by atoms with E-state index in [1.807, 2.05) is 0 Å². The summed E-state index contributed by atoms with van der Waals surface area (Å²) in [6.07, 6.45) is 4.38. The Labute approximate surface area is 163 Å². The first-order chi connectivity index (χ1) is 13.3. The number of ketones is 1. The molecule has 0 spiro atoms. The molecule has 0 saturated carbocycles. The van der Waals surface area contributed by atoms with Crippen molar-refractivity contribution in [2.24, 2.45) is 5.92 Å². The molecule has 0 aliphatic heterocycles. The number of rotatable bonds is 6. The zero-order chi connectivity index (χ0) is 20.3. The Morgan fingerprint density at radius 3 is 2.71 bits per heavy atom. The van der Waals surface area contributed by atoms with Crippen molar-refractivity contribution >= 4 is 33.0 Å². The van der Waals surface area contributed by atoms with Gasteiger partial charge in [-0.15, -0.1) is 0 Å². The molecule has 2 unspecified atom stereocenters. The van der Waals surface area contributed by atoms with Crippen LogP contribution in [0.3, 0.4) is 0 Å². The van der Waals surface area contributed by atoms with E-state index in [1.54, 1.807) is 43.3 Å². The van der Waals surface area contributed by atoms with Gasteiger partial charge in [-0.2, -0.15) is 0 Å². The Kier molecular flexibility index (Phi) is 5.69. The minimum absolute atomic E-state index is 0.184. The summed E-state index contributed by atoms with van der Waals surface area (Å²) in [5, 5.41) is 0. The van der Waals surface area contributed by atoms with Crippen LogP contribution in [0.5, 0.6) is 0 Å². The highest BCUT2D eigenvalue weighted by Crippen LogP contribution is 2.40. The summed E-state index contributed by atoms with van der Waals surface area (Å²) in [6.45, 7) is 1.87. The molecule has 7 nitrogen and oxygen atoms in total. The van der Waals surface area contributed by atoms with Crippen molar-refractivity contribution in [3.8, 4) is 0 Å². The Morgan fingerprint density at radius 1 is 1.29 bits per heavy atom. The van der Waals surface area contributed by atoms with E-state index in [1.165, 1.54) is 12.3 Å². The average molecular weight is 403 g/mol. The summed E-state index contributed by atoms with van der Waals surface area (Å²) in [7, 11) is -3.42. The van der Waals surface area contributed by atoms with Crippen molar-refractivity contribution in [1.82, 2.24) is 0 Å². The number of esters is 1. The minimum atomic E-state index is -3.42. The van der Waals surface area contributed by atoms with E-state index >= 15 is 0 Å². The van der Waals surface area contributed by atoms with E-state index < -0.39 is 27.8 Å². The maximum Gasteiger partial charge on any atom is 0.317 e. The van der Waals surface area contributed by atoms with Gasteiger partial charge in [0, 0.05) is 11.6 Å². The van der Waals surface area contributed by atoms with Crippen molar-refractivity contribution in [3.05, 3.63) is 60.1 Å².